The number of amides is 2. The number of nitrogens with one attached hydrogen (secondary N) is 2. The van der Waals surface area contributed by atoms with Gasteiger partial charge in [0.05, 0.1) is 13.7 Å². The van der Waals surface area contributed by atoms with Crippen molar-refractivity contribution in [2.24, 2.45) is 0 Å². The third-order valence-electron chi connectivity index (χ3n) is 2.64. The molecule has 0 aromatic rings. The van der Waals surface area contributed by atoms with Crippen LogP contribution in [-0.2, 0) is 28.7 Å². The summed E-state index contributed by atoms with van der Waals surface area (Å²) in [5.41, 5.74) is 0. The molecule has 158 valence electrons. The third-order valence-corrected chi connectivity index (χ3v) is 2.64. The minimum Gasteiger partial charge on any atom is -0.469 e. The Morgan fingerprint density at radius 2 is 1.15 bits per heavy atom. The van der Waals surface area contributed by atoms with E-state index in [0.717, 1.165) is 19.3 Å². The monoisotopic (exact) mass is 380 g/mol. The number of esters is 2. The maximum atomic E-state index is 11.3. The first-order chi connectivity index (χ1) is 10.5. The van der Waals surface area contributed by atoms with Gasteiger partial charge in [0.1, 0.15) is 12.8 Å². The topological polar surface area (TPSA) is 111 Å². The summed E-state index contributed by atoms with van der Waals surface area (Å²) >= 11 is 0. The summed E-state index contributed by atoms with van der Waals surface area (Å²) in [5, 5.41) is 5.22. The SMILES string of the molecule is C.C.C.C.CCOC(=O)CC(=O)NCCCCCNC(=O)CC(=O)OC. The third kappa shape index (κ3) is 21.9. The maximum absolute atomic E-state index is 11.3. The highest BCUT2D eigenvalue weighted by Gasteiger charge is 2.09. The predicted octanol–water partition coefficient (Wildman–Crippen LogP) is 2.45. The van der Waals surface area contributed by atoms with E-state index in [0.29, 0.717) is 13.1 Å². The molecule has 0 spiro atoms. The van der Waals surface area contributed by atoms with Crippen LogP contribution in [0.5, 0.6) is 0 Å². The van der Waals surface area contributed by atoms with E-state index < -0.39 is 11.9 Å². The number of hydrogen-bond acceptors (Lipinski definition) is 6. The molecule has 2 amide bonds. The van der Waals surface area contributed by atoms with E-state index in [-0.39, 0.29) is 61.0 Å². The first-order valence-corrected chi connectivity index (χ1v) is 7.25. The molecule has 0 heterocycles. The average Bonchev–Trinajstić information content (AvgIpc) is 2.46. The van der Waals surface area contributed by atoms with E-state index in [4.69, 9.17) is 0 Å². The van der Waals surface area contributed by atoms with Crippen molar-refractivity contribution < 1.29 is 28.7 Å². The molecule has 0 rings (SSSR count). The number of methoxy groups -OCH3 is 1. The minimum absolute atomic E-state index is 0. The summed E-state index contributed by atoms with van der Waals surface area (Å²) in [6.45, 7) is 2.87. The lowest BCUT2D eigenvalue weighted by molar-refractivity contribution is -0.146. The zero-order valence-corrected chi connectivity index (χ0v) is 13.1. The van der Waals surface area contributed by atoms with Crippen LogP contribution in [0, 0.1) is 0 Å². The zero-order valence-electron chi connectivity index (χ0n) is 13.1. The molecule has 0 aliphatic carbocycles. The minimum atomic E-state index is -0.568. The van der Waals surface area contributed by atoms with Crippen LogP contribution in [0.15, 0.2) is 0 Å². The van der Waals surface area contributed by atoms with E-state index >= 15 is 0 Å². The molecule has 26 heavy (non-hydrogen) atoms. The molecular formula is C18H40N2O6. The molecule has 0 radical (unpaired) electrons. The van der Waals surface area contributed by atoms with Crippen molar-refractivity contribution in [1.29, 1.82) is 0 Å². The molecule has 0 aliphatic rings. The van der Waals surface area contributed by atoms with Crippen LogP contribution in [0.3, 0.4) is 0 Å². The predicted molar refractivity (Wildman–Crippen MR) is 105 cm³/mol. The number of rotatable bonds is 11. The second-order valence-electron chi connectivity index (χ2n) is 4.50. The summed E-state index contributed by atoms with van der Waals surface area (Å²) in [7, 11) is 1.23. The molecule has 0 bridgehead atoms. The highest BCUT2D eigenvalue weighted by atomic mass is 16.5. The fourth-order valence-electron chi connectivity index (χ4n) is 1.55. The van der Waals surface area contributed by atoms with Gasteiger partial charge in [-0.1, -0.05) is 29.7 Å². The Hall–Kier alpha value is -2.12. The van der Waals surface area contributed by atoms with Crippen LogP contribution in [0.1, 0.15) is 68.7 Å². The molecular weight excluding hydrogens is 340 g/mol. The molecule has 0 aliphatic heterocycles. The van der Waals surface area contributed by atoms with Crippen LogP contribution in [0.4, 0.5) is 0 Å². The Kier molecular flexibility index (Phi) is 30.9. The van der Waals surface area contributed by atoms with E-state index in [1.165, 1.54) is 7.11 Å². The Bertz CT molecular complexity index is 386. The van der Waals surface area contributed by atoms with Gasteiger partial charge < -0.3 is 20.1 Å². The Balaban J connectivity index is -0.000000367. The molecule has 0 aromatic carbocycles. The second-order valence-corrected chi connectivity index (χ2v) is 4.50. The van der Waals surface area contributed by atoms with Gasteiger partial charge in [0.25, 0.3) is 0 Å². The van der Waals surface area contributed by atoms with Crippen LogP contribution >= 0.6 is 0 Å². The zero-order chi connectivity index (χ0) is 16.8. The fourth-order valence-corrected chi connectivity index (χ4v) is 1.55. The standard InChI is InChI=1S/C14H24N2O6.4CH4/c1-3-22-14(20)10-12(18)16-8-6-4-5-7-15-11(17)9-13(19)21-2;;;;/h3-10H2,1-2H3,(H,15,17)(H,16,18);4*1H4. The number of unbranched alkanes of at least 4 members (excludes halogenated alkanes) is 2. The first-order valence-electron chi connectivity index (χ1n) is 7.25. The van der Waals surface area contributed by atoms with E-state index in [1.54, 1.807) is 6.92 Å². The van der Waals surface area contributed by atoms with Crippen molar-refractivity contribution in [2.45, 2.75) is 68.7 Å². The van der Waals surface area contributed by atoms with Crippen LogP contribution in [-0.4, -0.2) is 50.6 Å². The van der Waals surface area contributed by atoms with E-state index in [2.05, 4.69) is 20.1 Å². The van der Waals surface area contributed by atoms with E-state index in [1.807, 2.05) is 0 Å². The van der Waals surface area contributed by atoms with Crippen molar-refractivity contribution in [3.8, 4) is 0 Å². The molecule has 0 unspecified atom stereocenters. The van der Waals surface area contributed by atoms with Crippen LogP contribution < -0.4 is 10.6 Å². The van der Waals surface area contributed by atoms with Crippen LogP contribution in [0.25, 0.3) is 0 Å². The average molecular weight is 381 g/mol. The van der Waals surface area contributed by atoms with Gasteiger partial charge in [-0.25, -0.2) is 0 Å². The number of carbonyl (C=O) groups excluding carboxylic acids is 4. The summed E-state index contributed by atoms with van der Waals surface area (Å²) < 4.78 is 9.03. The molecule has 0 saturated carbocycles. The summed E-state index contributed by atoms with van der Waals surface area (Å²) in [6.07, 6.45) is 1.73. The van der Waals surface area contributed by atoms with Gasteiger partial charge in [-0.2, -0.15) is 0 Å². The van der Waals surface area contributed by atoms with Crippen molar-refractivity contribution >= 4 is 23.8 Å². The number of carbonyl (C=O) groups is 4. The largest absolute Gasteiger partial charge is 0.469 e. The molecule has 2 N–H and O–H groups in total. The smallest absolute Gasteiger partial charge is 0.315 e. The Morgan fingerprint density at radius 1 is 0.731 bits per heavy atom. The Labute approximate surface area is 159 Å². The molecule has 8 nitrogen and oxygen atoms in total. The van der Waals surface area contributed by atoms with Gasteiger partial charge in [0.15, 0.2) is 0 Å². The van der Waals surface area contributed by atoms with Crippen molar-refractivity contribution in [1.82, 2.24) is 10.6 Å². The fraction of sp³-hybridized carbons (Fsp3) is 0.778. The normalized spacial score (nSPS) is 8.23. The number of hydrogen-bond donors (Lipinski definition) is 2. The van der Waals surface area contributed by atoms with Crippen molar-refractivity contribution in [3.05, 3.63) is 0 Å². The van der Waals surface area contributed by atoms with Crippen LogP contribution in [0.2, 0.25) is 0 Å². The molecule has 0 atom stereocenters. The lowest BCUT2D eigenvalue weighted by Crippen LogP contribution is -2.28. The van der Waals surface area contributed by atoms with Gasteiger partial charge in [0, 0.05) is 13.1 Å². The molecule has 8 heteroatoms. The highest BCUT2D eigenvalue weighted by Crippen LogP contribution is 1.94. The van der Waals surface area contributed by atoms with E-state index in [9.17, 15) is 19.2 Å². The highest BCUT2D eigenvalue weighted by molar-refractivity contribution is 5.94. The van der Waals surface area contributed by atoms with Gasteiger partial charge in [0.2, 0.25) is 11.8 Å². The van der Waals surface area contributed by atoms with Gasteiger partial charge in [-0.15, -0.1) is 0 Å². The van der Waals surface area contributed by atoms with Crippen molar-refractivity contribution in [3.63, 3.8) is 0 Å². The van der Waals surface area contributed by atoms with Gasteiger partial charge in [-0.05, 0) is 26.2 Å². The van der Waals surface area contributed by atoms with Gasteiger partial charge >= 0.3 is 11.9 Å². The quantitative estimate of drug-likeness (QED) is 0.323. The summed E-state index contributed by atoms with van der Waals surface area (Å²) in [6, 6.07) is 0. The van der Waals surface area contributed by atoms with Crippen molar-refractivity contribution in [2.75, 3.05) is 26.8 Å². The lowest BCUT2D eigenvalue weighted by atomic mass is 10.2. The number of ether oxygens (including phenoxy) is 2. The Morgan fingerprint density at radius 3 is 1.54 bits per heavy atom. The van der Waals surface area contributed by atoms with Gasteiger partial charge in [-0.3, -0.25) is 19.2 Å². The molecule has 0 fully saturated rings. The lowest BCUT2D eigenvalue weighted by Gasteiger charge is -2.06. The summed E-state index contributed by atoms with van der Waals surface area (Å²) in [4.78, 5) is 44.4. The second kappa shape index (κ2) is 22.9. The molecule has 0 saturated heterocycles. The molecule has 0 aromatic heterocycles. The first kappa shape index (κ1) is 35.1. The maximum Gasteiger partial charge on any atom is 0.315 e. The summed E-state index contributed by atoms with van der Waals surface area (Å²) in [5.74, 6) is -1.82.